The molecule has 1 N–H and O–H groups in total. The molecule has 1 amide bonds. The molecule has 0 spiro atoms. The second kappa shape index (κ2) is 8.51. The van der Waals surface area contributed by atoms with E-state index in [1.165, 1.54) is 0 Å². The molecule has 0 unspecified atom stereocenters. The molecule has 0 radical (unpaired) electrons. The van der Waals surface area contributed by atoms with E-state index in [4.69, 9.17) is 16.3 Å². The molecule has 1 aromatic heterocycles. The van der Waals surface area contributed by atoms with Crippen molar-refractivity contribution in [2.75, 3.05) is 13.7 Å². The van der Waals surface area contributed by atoms with Crippen LogP contribution in [0.4, 0.5) is 0 Å². The normalized spacial score (nSPS) is 11.9. The van der Waals surface area contributed by atoms with Crippen molar-refractivity contribution in [3.05, 3.63) is 64.9 Å². The molecule has 0 bridgehead atoms. The minimum atomic E-state index is -0.207. The van der Waals surface area contributed by atoms with Crippen molar-refractivity contribution in [2.45, 2.75) is 18.9 Å². The highest BCUT2D eigenvalue weighted by atomic mass is 35.5. The fraction of sp³-hybridized carbons (Fsp3) is 0.294. The molecule has 2 rings (SSSR count). The number of carbonyl (C=O) groups is 1. The zero-order chi connectivity index (χ0) is 15.8. The van der Waals surface area contributed by atoms with Crippen molar-refractivity contribution in [3.8, 4) is 0 Å². The molecular weight excluding hydrogens is 300 g/mol. The van der Waals surface area contributed by atoms with Crippen molar-refractivity contribution in [2.24, 2.45) is 0 Å². The maximum atomic E-state index is 11.9. The van der Waals surface area contributed by atoms with Crippen LogP contribution in [0, 0.1) is 0 Å². The quantitative estimate of drug-likeness (QED) is 0.853. The number of rotatable bonds is 7. The van der Waals surface area contributed by atoms with Crippen molar-refractivity contribution >= 4 is 17.5 Å². The Balaban J connectivity index is 1.81. The van der Waals surface area contributed by atoms with E-state index >= 15 is 0 Å². The zero-order valence-electron chi connectivity index (χ0n) is 12.5. The van der Waals surface area contributed by atoms with E-state index < -0.39 is 0 Å². The van der Waals surface area contributed by atoms with Gasteiger partial charge in [-0.05, 0) is 35.7 Å². The topological polar surface area (TPSA) is 51.2 Å². The number of nitrogens with zero attached hydrogens (tertiary/aromatic N) is 1. The van der Waals surface area contributed by atoms with E-state index in [0.29, 0.717) is 24.4 Å². The summed E-state index contributed by atoms with van der Waals surface area (Å²) in [5, 5.41) is 3.55. The van der Waals surface area contributed by atoms with Crippen LogP contribution in [0.25, 0.3) is 0 Å². The lowest BCUT2D eigenvalue weighted by Crippen LogP contribution is -2.29. The van der Waals surface area contributed by atoms with Gasteiger partial charge in [-0.25, -0.2) is 0 Å². The van der Waals surface area contributed by atoms with Crippen LogP contribution < -0.4 is 5.32 Å². The Morgan fingerprint density at radius 3 is 2.91 bits per heavy atom. The number of halogens is 1. The summed E-state index contributed by atoms with van der Waals surface area (Å²) in [6, 6.07) is 11.3. The number of ether oxygens (including phenoxy) is 1. The van der Waals surface area contributed by atoms with Crippen molar-refractivity contribution in [1.29, 1.82) is 0 Å². The lowest BCUT2D eigenvalue weighted by molar-refractivity contribution is -0.121. The van der Waals surface area contributed by atoms with E-state index in [2.05, 4.69) is 10.3 Å². The van der Waals surface area contributed by atoms with E-state index in [-0.39, 0.29) is 12.0 Å². The highest BCUT2D eigenvalue weighted by Crippen LogP contribution is 2.19. The summed E-state index contributed by atoms with van der Waals surface area (Å²) in [5.74, 6) is -0.00655. The predicted molar refractivity (Wildman–Crippen MR) is 86.8 cm³/mol. The van der Waals surface area contributed by atoms with Crippen LogP contribution in [0.5, 0.6) is 0 Å². The number of methoxy groups -OCH3 is 1. The van der Waals surface area contributed by atoms with E-state index in [0.717, 1.165) is 11.1 Å². The van der Waals surface area contributed by atoms with E-state index in [9.17, 15) is 4.79 Å². The summed E-state index contributed by atoms with van der Waals surface area (Å²) in [5.41, 5.74) is 2.00. The molecule has 1 heterocycles. The molecule has 2 aromatic rings. The van der Waals surface area contributed by atoms with Gasteiger partial charge in [0.1, 0.15) is 0 Å². The third-order valence-electron chi connectivity index (χ3n) is 3.35. The lowest BCUT2D eigenvalue weighted by Gasteiger charge is -2.16. The van der Waals surface area contributed by atoms with Gasteiger partial charge >= 0.3 is 0 Å². The predicted octanol–water partition coefficient (Wildman–Crippen LogP) is 3.17. The minimum absolute atomic E-state index is 0.00655. The summed E-state index contributed by atoms with van der Waals surface area (Å²) < 4.78 is 5.42. The van der Waals surface area contributed by atoms with Crippen molar-refractivity contribution in [1.82, 2.24) is 10.3 Å². The smallest absolute Gasteiger partial charge is 0.220 e. The molecule has 1 aromatic carbocycles. The molecule has 0 saturated heterocycles. The number of benzene rings is 1. The monoisotopic (exact) mass is 318 g/mol. The number of amides is 1. The molecule has 0 saturated carbocycles. The molecule has 0 aliphatic heterocycles. The summed E-state index contributed by atoms with van der Waals surface area (Å²) in [6.45, 7) is 0.419. The van der Waals surface area contributed by atoms with E-state index in [1.54, 1.807) is 19.5 Å². The van der Waals surface area contributed by atoms with Crippen LogP contribution in [0.1, 0.15) is 23.7 Å². The number of carbonyl (C=O) groups excluding carboxylic acids is 1. The number of nitrogens with one attached hydrogen (secondary N) is 1. The summed E-state index contributed by atoms with van der Waals surface area (Å²) in [7, 11) is 1.62. The first-order valence-electron chi connectivity index (χ1n) is 7.13. The highest BCUT2D eigenvalue weighted by Gasteiger charge is 2.12. The third-order valence-corrected chi connectivity index (χ3v) is 3.59. The van der Waals surface area contributed by atoms with Gasteiger partial charge in [0.2, 0.25) is 5.91 Å². The van der Waals surface area contributed by atoms with Crippen LogP contribution in [0.3, 0.4) is 0 Å². The number of hydrogen-bond donors (Lipinski definition) is 1. The number of pyridine rings is 1. The molecule has 0 aliphatic carbocycles. The van der Waals surface area contributed by atoms with Gasteiger partial charge in [-0.15, -0.1) is 0 Å². The minimum Gasteiger partial charge on any atom is -0.375 e. The van der Waals surface area contributed by atoms with Gasteiger partial charge in [-0.2, -0.15) is 0 Å². The van der Waals surface area contributed by atoms with Gasteiger partial charge in [0.05, 0.1) is 6.10 Å². The molecule has 22 heavy (non-hydrogen) atoms. The molecule has 4 nitrogen and oxygen atoms in total. The Morgan fingerprint density at radius 2 is 2.23 bits per heavy atom. The van der Waals surface area contributed by atoms with E-state index in [1.807, 2.05) is 36.4 Å². The molecule has 1 atom stereocenters. The number of hydrogen-bond acceptors (Lipinski definition) is 3. The second-order valence-corrected chi connectivity index (χ2v) is 5.38. The fourth-order valence-corrected chi connectivity index (χ4v) is 2.34. The maximum Gasteiger partial charge on any atom is 0.220 e. The van der Waals surface area contributed by atoms with Crippen LogP contribution in [0.2, 0.25) is 5.02 Å². The molecule has 0 aliphatic rings. The second-order valence-electron chi connectivity index (χ2n) is 4.94. The largest absolute Gasteiger partial charge is 0.375 e. The van der Waals surface area contributed by atoms with Crippen molar-refractivity contribution < 1.29 is 9.53 Å². The van der Waals surface area contributed by atoms with Gasteiger partial charge in [0, 0.05) is 37.5 Å². The Kier molecular flexibility index (Phi) is 6.37. The molecule has 0 fully saturated rings. The SMILES string of the molecule is CO[C@H](CNC(=O)CCc1cccnc1)c1cccc(Cl)c1. The summed E-state index contributed by atoms with van der Waals surface area (Å²) >= 11 is 5.98. The Morgan fingerprint density at radius 1 is 1.36 bits per heavy atom. The fourth-order valence-electron chi connectivity index (χ4n) is 2.14. The first-order chi connectivity index (χ1) is 10.7. The Labute approximate surface area is 135 Å². The Bertz CT molecular complexity index is 605. The summed E-state index contributed by atoms with van der Waals surface area (Å²) in [4.78, 5) is 16.0. The van der Waals surface area contributed by atoms with Gasteiger partial charge in [0.25, 0.3) is 0 Å². The first-order valence-corrected chi connectivity index (χ1v) is 7.50. The highest BCUT2D eigenvalue weighted by molar-refractivity contribution is 6.30. The van der Waals surface area contributed by atoms with Crippen LogP contribution in [-0.2, 0) is 16.0 Å². The molecule has 5 heteroatoms. The van der Waals surface area contributed by atoms with Gasteiger partial charge in [0.15, 0.2) is 0 Å². The lowest BCUT2D eigenvalue weighted by atomic mass is 10.1. The summed E-state index contributed by atoms with van der Waals surface area (Å²) in [6.07, 6.45) is 4.39. The average molecular weight is 319 g/mol. The van der Waals surface area contributed by atoms with Crippen LogP contribution >= 0.6 is 11.6 Å². The first kappa shape index (κ1) is 16.5. The number of aryl methyl sites for hydroxylation is 1. The van der Waals surface area contributed by atoms with Crippen molar-refractivity contribution in [3.63, 3.8) is 0 Å². The third kappa shape index (κ3) is 5.13. The van der Waals surface area contributed by atoms with Crippen LogP contribution in [-0.4, -0.2) is 24.5 Å². The zero-order valence-corrected chi connectivity index (χ0v) is 13.2. The maximum absolute atomic E-state index is 11.9. The standard InChI is InChI=1S/C17H19ClN2O2/c1-22-16(14-5-2-6-15(18)10-14)12-20-17(21)8-7-13-4-3-9-19-11-13/h2-6,9-11,16H,7-8,12H2,1H3,(H,20,21)/t16-/m1/s1. The van der Waals surface area contributed by atoms with Gasteiger partial charge in [-0.3, -0.25) is 9.78 Å². The molecular formula is C17H19ClN2O2. The van der Waals surface area contributed by atoms with Gasteiger partial charge in [-0.1, -0.05) is 29.8 Å². The Hall–Kier alpha value is -1.91. The van der Waals surface area contributed by atoms with Gasteiger partial charge < -0.3 is 10.1 Å². The number of aromatic nitrogens is 1. The molecule has 116 valence electrons. The average Bonchev–Trinajstić information content (AvgIpc) is 2.54. The van der Waals surface area contributed by atoms with Crippen LogP contribution in [0.15, 0.2) is 48.8 Å².